The number of aromatic amines is 1. The predicted octanol–water partition coefficient (Wildman–Crippen LogP) is 1.02. The van der Waals surface area contributed by atoms with E-state index in [0.717, 1.165) is 23.4 Å². The van der Waals surface area contributed by atoms with E-state index in [4.69, 9.17) is 10.2 Å². The molecule has 0 spiro atoms. The van der Waals surface area contributed by atoms with Crippen LogP contribution in [0.25, 0.3) is 22.4 Å². The summed E-state index contributed by atoms with van der Waals surface area (Å²) in [6.07, 6.45) is 2.52. The molecule has 0 atom stereocenters. The number of nitrogens with two attached hydrogens (primary N) is 1. The van der Waals surface area contributed by atoms with Crippen LogP contribution < -0.4 is 11.5 Å². The lowest BCUT2D eigenvalue weighted by Gasteiger charge is -2.04. The quantitative estimate of drug-likeness (QED) is 0.734. The van der Waals surface area contributed by atoms with E-state index in [1.165, 1.54) is 0 Å². The Hall–Kier alpha value is -2.34. The van der Waals surface area contributed by atoms with Crippen LogP contribution in [0, 0.1) is 0 Å². The van der Waals surface area contributed by atoms with Gasteiger partial charge in [0.1, 0.15) is 0 Å². The van der Waals surface area contributed by atoms with E-state index >= 15 is 0 Å². The number of hydrogen-bond donors (Lipinski definition) is 2. The molecule has 3 aromatic rings. The number of nitrogens with zero attached hydrogens (tertiary/aromatic N) is 2. The van der Waals surface area contributed by atoms with Crippen molar-refractivity contribution in [3.63, 3.8) is 0 Å². The molecule has 0 aliphatic rings. The van der Waals surface area contributed by atoms with Gasteiger partial charge < -0.3 is 14.7 Å². The highest BCUT2D eigenvalue weighted by molar-refractivity contribution is 5.79. The molecule has 0 unspecified atom stereocenters. The highest BCUT2D eigenvalue weighted by Crippen LogP contribution is 2.25. The third kappa shape index (κ3) is 1.96. The number of imidazole rings is 1. The lowest BCUT2D eigenvalue weighted by Crippen LogP contribution is -2.07. The van der Waals surface area contributed by atoms with Crippen LogP contribution in [-0.4, -0.2) is 21.1 Å². The molecule has 0 aliphatic heterocycles. The summed E-state index contributed by atoms with van der Waals surface area (Å²) in [5.74, 6) is -0.449. The number of benzene rings is 1. The summed E-state index contributed by atoms with van der Waals surface area (Å²) in [7, 11) is 1.94. The first kappa shape index (κ1) is 11.7. The topological polar surface area (TPSA) is 89.8 Å². The van der Waals surface area contributed by atoms with Gasteiger partial charge in [0.15, 0.2) is 5.58 Å². The molecule has 3 rings (SSSR count). The summed E-state index contributed by atoms with van der Waals surface area (Å²) < 4.78 is 6.95. The van der Waals surface area contributed by atoms with E-state index in [2.05, 4.69) is 9.97 Å². The Balaban J connectivity index is 2.15. The van der Waals surface area contributed by atoms with Crippen LogP contribution in [0.15, 0.2) is 33.7 Å². The van der Waals surface area contributed by atoms with Gasteiger partial charge in [0.25, 0.3) is 0 Å². The van der Waals surface area contributed by atoms with Crippen molar-refractivity contribution < 1.29 is 4.42 Å². The minimum absolute atomic E-state index is 0.449. The second-order valence-corrected chi connectivity index (χ2v) is 4.41. The van der Waals surface area contributed by atoms with Crippen molar-refractivity contribution in [1.82, 2.24) is 14.5 Å². The fourth-order valence-electron chi connectivity index (χ4n) is 2.23. The monoisotopic (exact) mass is 258 g/mol. The zero-order valence-corrected chi connectivity index (χ0v) is 10.5. The molecule has 98 valence electrons. The van der Waals surface area contributed by atoms with Gasteiger partial charge in [0.05, 0.1) is 17.5 Å². The fraction of sp³-hybridized carbons (Fsp3) is 0.231. The van der Waals surface area contributed by atoms with Crippen molar-refractivity contribution in [2.45, 2.75) is 6.42 Å². The van der Waals surface area contributed by atoms with Gasteiger partial charge in [0, 0.05) is 24.7 Å². The van der Waals surface area contributed by atoms with Crippen molar-refractivity contribution in [2.75, 3.05) is 6.54 Å². The molecule has 0 bridgehead atoms. The van der Waals surface area contributed by atoms with E-state index in [0.29, 0.717) is 17.6 Å². The van der Waals surface area contributed by atoms with Crippen LogP contribution in [0.4, 0.5) is 0 Å². The number of rotatable bonds is 3. The average Bonchev–Trinajstić information content (AvgIpc) is 2.92. The Morgan fingerprint density at radius 3 is 3.11 bits per heavy atom. The summed E-state index contributed by atoms with van der Waals surface area (Å²) >= 11 is 0. The van der Waals surface area contributed by atoms with Crippen molar-refractivity contribution in [2.24, 2.45) is 12.8 Å². The number of oxazole rings is 1. The Bertz CT molecular complexity index is 781. The molecule has 0 amide bonds. The van der Waals surface area contributed by atoms with Gasteiger partial charge in [-0.1, -0.05) is 0 Å². The molecule has 6 heteroatoms. The summed E-state index contributed by atoms with van der Waals surface area (Å²) in [6, 6.07) is 5.52. The zero-order valence-electron chi connectivity index (χ0n) is 10.5. The number of aryl methyl sites for hydroxylation is 1. The van der Waals surface area contributed by atoms with Gasteiger partial charge in [-0.05, 0) is 24.7 Å². The van der Waals surface area contributed by atoms with E-state index in [-0.39, 0.29) is 0 Å². The number of aromatic nitrogens is 3. The zero-order chi connectivity index (χ0) is 13.4. The predicted molar refractivity (Wildman–Crippen MR) is 71.8 cm³/mol. The Labute approximate surface area is 108 Å². The lowest BCUT2D eigenvalue weighted by atomic mass is 10.1. The molecule has 2 heterocycles. The number of H-pyrrole nitrogens is 1. The second kappa shape index (κ2) is 4.40. The molecule has 1 aromatic carbocycles. The smallest absolute Gasteiger partial charge is 0.408 e. The van der Waals surface area contributed by atoms with Gasteiger partial charge in [-0.2, -0.15) is 0 Å². The number of hydrogen-bond acceptors (Lipinski definition) is 4. The van der Waals surface area contributed by atoms with E-state index in [9.17, 15) is 4.79 Å². The fourth-order valence-corrected chi connectivity index (χ4v) is 2.23. The van der Waals surface area contributed by atoms with E-state index in [1.54, 1.807) is 12.4 Å². The van der Waals surface area contributed by atoms with Gasteiger partial charge >= 0.3 is 5.76 Å². The van der Waals surface area contributed by atoms with Gasteiger partial charge in [0.2, 0.25) is 0 Å². The Morgan fingerprint density at radius 2 is 2.32 bits per heavy atom. The largest absolute Gasteiger partial charge is 0.417 e. The molecular weight excluding hydrogens is 244 g/mol. The van der Waals surface area contributed by atoms with Crippen molar-refractivity contribution in [1.29, 1.82) is 0 Å². The molecule has 19 heavy (non-hydrogen) atoms. The van der Waals surface area contributed by atoms with E-state index in [1.807, 2.05) is 23.7 Å². The molecule has 6 nitrogen and oxygen atoms in total. The summed E-state index contributed by atoms with van der Waals surface area (Å²) in [5.41, 5.74) is 9.75. The molecule has 0 fully saturated rings. The summed E-state index contributed by atoms with van der Waals surface area (Å²) in [5, 5.41) is 0. The lowest BCUT2D eigenvalue weighted by molar-refractivity contribution is 0.555. The Kier molecular flexibility index (Phi) is 2.72. The first-order valence-electron chi connectivity index (χ1n) is 6.02. The van der Waals surface area contributed by atoms with Crippen molar-refractivity contribution >= 4 is 11.1 Å². The molecule has 3 N–H and O–H groups in total. The SMILES string of the molecule is Cn1cnc(-c2ccc3oc(=O)[nH]c3c2)c1CCN. The van der Waals surface area contributed by atoms with Crippen LogP contribution in [-0.2, 0) is 13.5 Å². The molecule has 0 radical (unpaired) electrons. The van der Waals surface area contributed by atoms with Gasteiger partial charge in [-0.15, -0.1) is 0 Å². The third-order valence-electron chi connectivity index (χ3n) is 3.13. The maximum Gasteiger partial charge on any atom is 0.417 e. The Morgan fingerprint density at radius 1 is 1.47 bits per heavy atom. The van der Waals surface area contributed by atoms with Crippen LogP contribution in [0.1, 0.15) is 5.69 Å². The van der Waals surface area contributed by atoms with Crippen molar-refractivity contribution in [3.05, 3.63) is 40.8 Å². The number of fused-ring (bicyclic) bond motifs is 1. The van der Waals surface area contributed by atoms with Crippen LogP contribution in [0.3, 0.4) is 0 Å². The maximum atomic E-state index is 11.2. The van der Waals surface area contributed by atoms with Crippen molar-refractivity contribution in [3.8, 4) is 11.3 Å². The molecule has 0 saturated heterocycles. The third-order valence-corrected chi connectivity index (χ3v) is 3.13. The highest BCUT2D eigenvalue weighted by atomic mass is 16.4. The van der Waals surface area contributed by atoms with Crippen LogP contribution in [0.2, 0.25) is 0 Å². The van der Waals surface area contributed by atoms with Gasteiger partial charge in [-0.3, -0.25) is 4.98 Å². The summed E-state index contributed by atoms with van der Waals surface area (Å²) in [4.78, 5) is 18.2. The van der Waals surface area contributed by atoms with Crippen LogP contribution in [0.5, 0.6) is 0 Å². The molecule has 0 saturated carbocycles. The number of nitrogens with one attached hydrogen (secondary N) is 1. The van der Waals surface area contributed by atoms with Crippen LogP contribution >= 0.6 is 0 Å². The minimum atomic E-state index is -0.449. The standard InChI is InChI=1S/C13H14N4O2/c1-17-7-15-12(10(17)4-5-14)8-2-3-11-9(6-8)16-13(18)19-11/h2-3,6-7H,4-5,14H2,1H3,(H,16,18). The molecule has 2 aromatic heterocycles. The normalized spacial score (nSPS) is 11.3. The van der Waals surface area contributed by atoms with E-state index < -0.39 is 5.76 Å². The summed E-state index contributed by atoms with van der Waals surface area (Å²) in [6.45, 7) is 0.567. The first-order chi connectivity index (χ1) is 9.19. The maximum absolute atomic E-state index is 11.2. The second-order valence-electron chi connectivity index (χ2n) is 4.41. The first-order valence-corrected chi connectivity index (χ1v) is 6.02. The average molecular weight is 258 g/mol. The minimum Gasteiger partial charge on any atom is -0.408 e. The molecule has 0 aliphatic carbocycles. The van der Waals surface area contributed by atoms with Gasteiger partial charge in [-0.25, -0.2) is 9.78 Å². The molecular formula is C13H14N4O2. The highest BCUT2D eigenvalue weighted by Gasteiger charge is 2.12.